The minimum atomic E-state index is -5.08. The molecule has 1 aliphatic heterocycles. The summed E-state index contributed by atoms with van der Waals surface area (Å²) in [6.45, 7) is 1.94. The fourth-order valence-corrected chi connectivity index (χ4v) is 2.60. The van der Waals surface area contributed by atoms with E-state index in [9.17, 15) is 18.0 Å². The Hall–Kier alpha value is -2.96. The average Bonchev–Trinajstić information content (AvgIpc) is 3.28. The molecule has 13 heteroatoms. The standard InChI is InChI=1S/C13H18N6O2.C2HF3O2/c1-18-12(13(20)21-2)10(7-15-18)11-8-19(17-16-11)9-4-3-5-14-6-9;3-2(4,5)1(6)7/h7-9,14H,3-6H2,1-2H3;(H,6,7). The average molecular weight is 404 g/mol. The lowest BCUT2D eigenvalue weighted by Crippen LogP contribution is -2.31. The normalized spacial score (nSPS) is 16.8. The molecule has 0 bridgehead atoms. The molecule has 2 aromatic heterocycles. The van der Waals surface area contributed by atoms with Gasteiger partial charge in [-0.05, 0) is 19.4 Å². The van der Waals surface area contributed by atoms with Crippen LogP contribution in [-0.2, 0) is 16.6 Å². The molecule has 10 nitrogen and oxygen atoms in total. The predicted molar refractivity (Wildman–Crippen MR) is 88.4 cm³/mol. The second-order valence-electron chi connectivity index (χ2n) is 5.91. The van der Waals surface area contributed by atoms with Crippen molar-refractivity contribution >= 4 is 11.9 Å². The molecule has 1 saturated heterocycles. The minimum absolute atomic E-state index is 0.304. The van der Waals surface area contributed by atoms with E-state index in [4.69, 9.17) is 14.6 Å². The van der Waals surface area contributed by atoms with Gasteiger partial charge in [-0.1, -0.05) is 5.21 Å². The number of carbonyl (C=O) groups is 2. The topological polar surface area (TPSA) is 124 Å². The smallest absolute Gasteiger partial charge is 0.475 e. The Bertz CT molecular complexity index is 826. The summed E-state index contributed by atoms with van der Waals surface area (Å²) >= 11 is 0. The zero-order valence-corrected chi connectivity index (χ0v) is 15.1. The maximum Gasteiger partial charge on any atom is 0.490 e. The van der Waals surface area contributed by atoms with Crippen LogP contribution in [0.4, 0.5) is 13.2 Å². The number of halogens is 3. The number of hydrogen-bond donors (Lipinski definition) is 2. The maximum absolute atomic E-state index is 11.8. The number of carboxylic acids is 1. The van der Waals surface area contributed by atoms with Crippen molar-refractivity contribution in [3.63, 3.8) is 0 Å². The fourth-order valence-electron chi connectivity index (χ4n) is 2.60. The summed E-state index contributed by atoms with van der Waals surface area (Å²) in [5.74, 6) is -3.19. The Morgan fingerprint density at radius 2 is 2.07 bits per heavy atom. The Labute approximate surface area is 157 Å². The number of aryl methyl sites for hydroxylation is 1. The lowest BCUT2D eigenvalue weighted by atomic mass is 10.1. The molecular formula is C15H19F3N6O4. The molecule has 0 saturated carbocycles. The first-order valence-corrected chi connectivity index (χ1v) is 8.18. The lowest BCUT2D eigenvalue weighted by molar-refractivity contribution is -0.192. The summed E-state index contributed by atoms with van der Waals surface area (Å²) in [4.78, 5) is 20.7. The zero-order valence-electron chi connectivity index (χ0n) is 15.1. The van der Waals surface area contributed by atoms with Crippen molar-refractivity contribution in [2.24, 2.45) is 7.05 Å². The van der Waals surface area contributed by atoms with Crippen LogP contribution in [0.2, 0.25) is 0 Å². The van der Waals surface area contributed by atoms with Crippen molar-refractivity contribution in [1.82, 2.24) is 30.1 Å². The predicted octanol–water partition coefficient (Wildman–Crippen LogP) is 1.02. The van der Waals surface area contributed by atoms with Gasteiger partial charge in [0.15, 0.2) is 5.69 Å². The van der Waals surface area contributed by atoms with E-state index >= 15 is 0 Å². The lowest BCUT2D eigenvalue weighted by Gasteiger charge is -2.22. The quantitative estimate of drug-likeness (QED) is 0.727. The number of nitrogens with zero attached hydrogens (tertiary/aromatic N) is 5. The molecule has 0 radical (unpaired) electrons. The summed E-state index contributed by atoms with van der Waals surface area (Å²) in [5.41, 5.74) is 1.65. The number of carboxylic acid groups (broad SMARTS) is 1. The van der Waals surface area contributed by atoms with Gasteiger partial charge >= 0.3 is 18.1 Å². The maximum atomic E-state index is 11.8. The van der Waals surface area contributed by atoms with E-state index in [-0.39, 0.29) is 0 Å². The number of methoxy groups -OCH3 is 1. The van der Waals surface area contributed by atoms with E-state index in [1.165, 1.54) is 11.8 Å². The number of ether oxygens (including phenoxy) is 1. The molecule has 1 fully saturated rings. The summed E-state index contributed by atoms with van der Waals surface area (Å²) < 4.78 is 39.9. The van der Waals surface area contributed by atoms with Gasteiger partial charge in [0, 0.05) is 13.6 Å². The number of aromatic nitrogens is 5. The van der Waals surface area contributed by atoms with E-state index in [2.05, 4.69) is 20.7 Å². The molecule has 0 aliphatic carbocycles. The second-order valence-corrected chi connectivity index (χ2v) is 5.91. The fraction of sp³-hybridized carbons (Fsp3) is 0.533. The summed E-state index contributed by atoms with van der Waals surface area (Å²) in [7, 11) is 3.05. The van der Waals surface area contributed by atoms with Gasteiger partial charge in [-0.2, -0.15) is 18.3 Å². The van der Waals surface area contributed by atoms with Gasteiger partial charge in [-0.15, -0.1) is 5.10 Å². The van der Waals surface area contributed by atoms with E-state index in [0.717, 1.165) is 25.9 Å². The SMILES string of the molecule is COC(=O)c1c(-c2cn(C3CCCNC3)nn2)cnn1C.O=C(O)C(F)(F)F. The highest BCUT2D eigenvalue weighted by atomic mass is 19.4. The van der Waals surface area contributed by atoms with Crippen LogP contribution in [0.5, 0.6) is 0 Å². The highest BCUT2D eigenvalue weighted by Crippen LogP contribution is 2.23. The van der Waals surface area contributed by atoms with Crippen molar-refractivity contribution in [2.45, 2.75) is 25.1 Å². The van der Waals surface area contributed by atoms with Crippen LogP contribution in [-0.4, -0.2) is 68.2 Å². The second kappa shape index (κ2) is 8.82. The number of rotatable bonds is 3. The summed E-state index contributed by atoms with van der Waals surface area (Å²) in [6.07, 6.45) is 0.591. The Morgan fingerprint density at radius 1 is 1.39 bits per heavy atom. The Kier molecular flexibility index (Phi) is 6.72. The molecule has 28 heavy (non-hydrogen) atoms. The van der Waals surface area contributed by atoms with Crippen LogP contribution in [0.25, 0.3) is 11.3 Å². The number of hydrogen-bond acceptors (Lipinski definition) is 7. The van der Waals surface area contributed by atoms with Gasteiger partial charge < -0.3 is 15.2 Å². The van der Waals surface area contributed by atoms with Crippen LogP contribution in [0.15, 0.2) is 12.4 Å². The number of aliphatic carboxylic acids is 1. The zero-order chi connectivity index (χ0) is 20.9. The molecule has 2 aromatic rings. The van der Waals surface area contributed by atoms with Crippen molar-refractivity contribution in [3.05, 3.63) is 18.1 Å². The van der Waals surface area contributed by atoms with Gasteiger partial charge in [-0.25, -0.2) is 14.3 Å². The van der Waals surface area contributed by atoms with Crippen LogP contribution in [0.1, 0.15) is 29.4 Å². The first-order chi connectivity index (χ1) is 13.1. The number of alkyl halides is 3. The number of esters is 1. The highest BCUT2D eigenvalue weighted by molar-refractivity contribution is 5.94. The largest absolute Gasteiger partial charge is 0.490 e. The third-order valence-corrected chi connectivity index (χ3v) is 3.99. The molecule has 1 atom stereocenters. The molecule has 0 amide bonds. The van der Waals surface area contributed by atoms with E-state index < -0.39 is 18.1 Å². The number of piperidine rings is 1. The number of nitrogens with one attached hydrogen (secondary N) is 1. The molecule has 1 aliphatic rings. The van der Waals surface area contributed by atoms with Gasteiger partial charge in [0.2, 0.25) is 0 Å². The van der Waals surface area contributed by atoms with E-state index in [0.29, 0.717) is 23.0 Å². The van der Waals surface area contributed by atoms with Crippen LogP contribution >= 0.6 is 0 Å². The Balaban J connectivity index is 0.000000345. The minimum Gasteiger partial charge on any atom is -0.475 e. The first-order valence-electron chi connectivity index (χ1n) is 8.18. The van der Waals surface area contributed by atoms with Crippen LogP contribution in [0.3, 0.4) is 0 Å². The molecule has 2 N–H and O–H groups in total. The van der Waals surface area contributed by atoms with Gasteiger partial charge in [0.1, 0.15) is 5.69 Å². The van der Waals surface area contributed by atoms with Crippen molar-refractivity contribution in [1.29, 1.82) is 0 Å². The van der Waals surface area contributed by atoms with Crippen LogP contribution in [0, 0.1) is 0 Å². The van der Waals surface area contributed by atoms with Gasteiger partial charge in [0.25, 0.3) is 0 Å². The molecule has 1 unspecified atom stereocenters. The van der Waals surface area contributed by atoms with E-state index in [1.54, 1.807) is 13.2 Å². The summed E-state index contributed by atoms with van der Waals surface area (Å²) in [6, 6.07) is 0.304. The summed E-state index contributed by atoms with van der Waals surface area (Å²) in [5, 5.41) is 22.9. The molecule has 0 spiro atoms. The molecule has 0 aromatic carbocycles. The molecule has 3 heterocycles. The molecule has 3 rings (SSSR count). The third-order valence-electron chi connectivity index (χ3n) is 3.99. The monoisotopic (exact) mass is 404 g/mol. The van der Waals surface area contributed by atoms with Gasteiger partial charge in [0.05, 0.1) is 31.1 Å². The first kappa shape index (κ1) is 21.3. The van der Waals surface area contributed by atoms with Crippen molar-refractivity contribution < 1.29 is 32.6 Å². The van der Waals surface area contributed by atoms with Crippen LogP contribution < -0.4 is 5.32 Å². The van der Waals surface area contributed by atoms with Gasteiger partial charge in [-0.3, -0.25) is 4.68 Å². The third kappa shape index (κ3) is 5.06. The Morgan fingerprint density at radius 3 is 2.61 bits per heavy atom. The van der Waals surface area contributed by atoms with Crippen molar-refractivity contribution in [2.75, 3.05) is 20.2 Å². The molecular weight excluding hydrogens is 385 g/mol. The molecule has 154 valence electrons. The van der Waals surface area contributed by atoms with E-state index in [1.807, 2.05) is 10.9 Å². The highest BCUT2D eigenvalue weighted by Gasteiger charge is 2.38. The van der Waals surface area contributed by atoms with Crippen molar-refractivity contribution in [3.8, 4) is 11.3 Å². The number of carbonyl (C=O) groups excluding carboxylic acids is 1.